The first-order valence-corrected chi connectivity index (χ1v) is 11.4. The number of carbonyl (C=O) groups is 1. The number of carbonyl (C=O) groups excluding carboxylic acids is 1. The summed E-state index contributed by atoms with van der Waals surface area (Å²) in [5.41, 5.74) is 2.52. The predicted molar refractivity (Wildman–Crippen MR) is 98.3 cm³/mol. The van der Waals surface area contributed by atoms with E-state index in [4.69, 9.17) is 0 Å². The van der Waals surface area contributed by atoms with Crippen molar-refractivity contribution in [1.29, 1.82) is 0 Å². The molecule has 1 aliphatic rings. The zero-order valence-corrected chi connectivity index (χ0v) is 16.3. The Balaban J connectivity index is 1.58. The van der Waals surface area contributed by atoms with Crippen molar-refractivity contribution < 1.29 is 13.2 Å². The third-order valence-electron chi connectivity index (χ3n) is 4.41. The van der Waals surface area contributed by atoms with E-state index in [1.54, 1.807) is 23.1 Å². The molecule has 0 aliphatic carbocycles. The van der Waals surface area contributed by atoms with Crippen LogP contribution >= 0.6 is 23.3 Å². The number of aromatic nitrogens is 4. The number of likely N-dealkylation sites (tertiary alicyclic amines) is 1. The fourth-order valence-corrected chi connectivity index (χ4v) is 5.43. The van der Waals surface area contributed by atoms with Crippen LogP contribution in [0.15, 0.2) is 22.4 Å². The number of hydrogen-bond donors (Lipinski definition) is 0. The van der Waals surface area contributed by atoms with Gasteiger partial charge in [0.2, 0.25) is 0 Å². The molecule has 1 aromatic carbocycles. The molecule has 0 bridgehead atoms. The monoisotopic (exact) mass is 409 g/mol. The Kier molecular flexibility index (Phi) is 4.45. The maximum Gasteiger partial charge on any atom is 0.253 e. The van der Waals surface area contributed by atoms with E-state index in [9.17, 15) is 13.2 Å². The van der Waals surface area contributed by atoms with E-state index in [0.717, 1.165) is 47.9 Å². The molecule has 2 aromatic heterocycles. The third kappa shape index (κ3) is 3.21. The van der Waals surface area contributed by atoms with E-state index in [2.05, 4.69) is 18.3 Å². The average molecular weight is 410 g/mol. The highest BCUT2D eigenvalue weighted by molar-refractivity contribution is 7.92. The van der Waals surface area contributed by atoms with Crippen LogP contribution in [0.1, 0.15) is 34.8 Å². The minimum Gasteiger partial charge on any atom is -0.338 e. The summed E-state index contributed by atoms with van der Waals surface area (Å²) in [7, 11) is -3.37. The lowest BCUT2D eigenvalue weighted by Gasteiger charge is -2.32. The van der Waals surface area contributed by atoms with Crippen molar-refractivity contribution in [2.75, 3.05) is 19.3 Å². The molecule has 136 valence electrons. The van der Waals surface area contributed by atoms with E-state index in [1.807, 2.05) is 0 Å². The van der Waals surface area contributed by atoms with E-state index >= 15 is 0 Å². The first kappa shape index (κ1) is 17.4. The lowest BCUT2D eigenvalue weighted by Crippen LogP contribution is -2.39. The largest absolute Gasteiger partial charge is 0.338 e. The molecule has 0 spiro atoms. The molecule has 26 heavy (non-hydrogen) atoms. The van der Waals surface area contributed by atoms with Crippen LogP contribution < -0.4 is 0 Å². The molecule has 1 atom stereocenters. The number of fused-ring (bicyclic) bond motifs is 1. The van der Waals surface area contributed by atoms with Gasteiger partial charge < -0.3 is 4.90 Å². The average Bonchev–Trinajstić information content (AvgIpc) is 3.29. The Labute approximate surface area is 158 Å². The second kappa shape index (κ2) is 6.63. The van der Waals surface area contributed by atoms with Gasteiger partial charge in [0.05, 0.1) is 17.4 Å². The van der Waals surface area contributed by atoms with Gasteiger partial charge in [-0.1, -0.05) is 4.49 Å². The molecule has 1 aliphatic heterocycles. The van der Waals surface area contributed by atoms with Crippen molar-refractivity contribution in [3.05, 3.63) is 29.5 Å². The van der Waals surface area contributed by atoms with Gasteiger partial charge >= 0.3 is 0 Å². The fourth-order valence-electron chi connectivity index (χ4n) is 3.18. The molecule has 0 saturated carbocycles. The molecule has 1 saturated heterocycles. The number of rotatable bonds is 3. The smallest absolute Gasteiger partial charge is 0.253 e. The van der Waals surface area contributed by atoms with Gasteiger partial charge in [-0.2, -0.15) is 8.75 Å². The number of benzene rings is 1. The summed E-state index contributed by atoms with van der Waals surface area (Å²) in [4.78, 5) is 14.6. The zero-order valence-electron chi connectivity index (χ0n) is 13.8. The minimum absolute atomic E-state index is 0.0892. The van der Waals surface area contributed by atoms with Gasteiger partial charge in [0.15, 0.2) is 14.0 Å². The molecule has 1 amide bonds. The number of amides is 1. The van der Waals surface area contributed by atoms with E-state index in [-0.39, 0.29) is 16.0 Å². The quantitative estimate of drug-likeness (QED) is 0.651. The van der Waals surface area contributed by atoms with Crippen LogP contribution in [0.4, 0.5) is 0 Å². The molecule has 4 rings (SSSR count). The standard InChI is InChI=1S/C15H15N5O3S3/c1-26(22,23)15-13(16-19-24-15)10-3-2-6-20(8-10)14(21)9-4-5-11-12(7-9)18-25-17-11/h4-5,7,10H,2-3,6,8H2,1H3/t10-/m0/s1. The Bertz CT molecular complexity index is 1080. The Morgan fingerprint density at radius 2 is 2.08 bits per heavy atom. The van der Waals surface area contributed by atoms with Crippen LogP contribution in [0.3, 0.4) is 0 Å². The van der Waals surface area contributed by atoms with Crippen LogP contribution in [-0.4, -0.2) is 56.9 Å². The second-order valence-corrected chi connectivity index (χ2v) is 9.77. The van der Waals surface area contributed by atoms with E-state index in [1.165, 1.54) is 0 Å². The van der Waals surface area contributed by atoms with Crippen molar-refractivity contribution in [3.63, 3.8) is 0 Å². The minimum atomic E-state index is -3.37. The second-order valence-electron chi connectivity index (χ2n) is 6.28. The molecule has 8 nitrogen and oxygen atoms in total. The molecule has 0 unspecified atom stereocenters. The van der Waals surface area contributed by atoms with Gasteiger partial charge in [0.25, 0.3) is 5.91 Å². The summed E-state index contributed by atoms with van der Waals surface area (Å²) in [6.45, 7) is 1.06. The van der Waals surface area contributed by atoms with Crippen LogP contribution in [0.2, 0.25) is 0 Å². The van der Waals surface area contributed by atoms with Crippen molar-refractivity contribution in [2.24, 2.45) is 0 Å². The van der Waals surface area contributed by atoms with Crippen molar-refractivity contribution in [3.8, 4) is 0 Å². The van der Waals surface area contributed by atoms with Crippen molar-refractivity contribution >= 4 is 50.0 Å². The Hall–Kier alpha value is -1.98. The lowest BCUT2D eigenvalue weighted by atomic mass is 9.95. The summed E-state index contributed by atoms with van der Waals surface area (Å²) in [6.07, 6.45) is 2.74. The van der Waals surface area contributed by atoms with E-state index < -0.39 is 9.84 Å². The van der Waals surface area contributed by atoms with Gasteiger partial charge in [0, 0.05) is 42.4 Å². The Morgan fingerprint density at radius 1 is 1.27 bits per heavy atom. The molecular weight excluding hydrogens is 394 g/mol. The van der Waals surface area contributed by atoms with Gasteiger partial charge in [-0.25, -0.2) is 8.42 Å². The van der Waals surface area contributed by atoms with Crippen LogP contribution in [0, 0.1) is 0 Å². The molecule has 1 fully saturated rings. The fraction of sp³-hybridized carbons (Fsp3) is 0.400. The summed E-state index contributed by atoms with van der Waals surface area (Å²) in [5, 5.41) is 4.04. The topological polar surface area (TPSA) is 106 Å². The van der Waals surface area contributed by atoms with Crippen LogP contribution in [-0.2, 0) is 9.84 Å². The van der Waals surface area contributed by atoms with Gasteiger partial charge in [0.1, 0.15) is 11.0 Å². The van der Waals surface area contributed by atoms with Gasteiger partial charge in [-0.3, -0.25) is 4.79 Å². The first-order valence-electron chi connectivity index (χ1n) is 7.97. The molecule has 0 radical (unpaired) electrons. The normalized spacial score (nSPS) is 18.3. The summed E-state index contributed by atoms with van der Waals surface area (Å²) in [6, 6.07) is 5.29. The number of nitrogens with zero attached hydrogens (tertiary/aromatic N) is 5. The van der Waals surface area contributed by atoms with Gasteiger partial charge in [-0.05, 0) is 31.0 Å². The molecule has 11 heteroatoms. The van der Waals surface area contributed by atoms with Crippen molar-refractivity contribution in [2.45, 2.75) is 23.0 Å². The first-order chi connectivity index (χ1) is 12.4. The van der Waals surface area contributed by atoms with Gasteiger partial charge in [-0.15, -0.1) is 5.10 Å². The third-order valence-corrected chi connectivity index (χ3v) is 7.52. The zero-order chi connectivity index (χ0) is 18.3. The highest BCUT2D eigenvalue weighted by Gasteiger charge is 2.31. The SMILES string of the molecule is CS(=O)(=O)c1snnc1[C@H]1CCCN(C(=O)c2ccc3nsnc3c2)C1. The summed E-state index contributed by atoms with van der Waals surface area (Å²) < 4.78 is 36.2. The number of piperidine rings is 1. The highest BCUT2D eigenvalue weighted by Crippen LogP contribution is 2.32. The van der Waals surface area contributed by atoms with Crippen LogP contribution in [0.5, 0.6) is 0 Å². The summed E-state index contributed by atoms with van der Waals surface area (Å²) >= 11 is 2.01. The van der Waals surface area contributed by atoms with Crippen LogP contribution in [0.25, 0.3) is 11.0 Å². The molecule has 0 N–H and O–H groups in total. The molecule has 3 heterocycles. The van der Waals surface area contributed by atoms with Crippen molar-refractivity contribution in [1.82, 2.24) is 23.2 Å². The maximum absolute atomic E-state index is 12.9. The number of hydrogen-bond acceptors (Lipinski definition) is 9. The maximum atomic E-state index is 12.9. The Morgan fingerprint density at radius 3 is 2.88 bits per heavy atom. The van der Waals surface area contributed by atoms with E-state index in [0.29, 0.717) is 29.9 Å². The highest BCUT2D eigenvalue weighted by atomic mass is 32.2. The number of sulfone groups is 1. The summed E-state index contributed by atoms with van der Waals surface area (Å²) in [5.74, 6) is -0.213. The molecule has 3 aromatic rings. The molecular formula is C15H15N5O3S3. The lowest BCUT2D eigenvalue weighted by molar-refractivity contribution is 0.0705. The predicted octanol–water partition coefficient (Wildman–Crippen LogP) is 1.97.